The van der Waals surface area contributed by atoms with E-state index in [1.807, 2.05) is 18.2 Å². The first-order valence-corrected chi connectivity index (χ1v) is 8.53. The fourth-order valence-corrected chi connectivity index (χ4v) is 2.93. The molecule has 0 spiro atoms. The van der Waals surface area contributed by atoms with Gasteiger partial charge in [-0.25, -0.2) is 0 Å². The van der Waals surface area contributed by atoms with Crippen LogP contribution in [-0.2, 0) is 4.74 Å². The third-order valence-corrected chi connectivity index (χ3v) is 4.39. The van der Waals surface area contributed by atoms with Gasteiger partial charge in [0, 0.05) is 36.8 Å². The molecule has 1 heterocycles. The molecular weight excluding hydrogens is 324 g/mol. The molecule has 1 N–H and O–H groups in total. The number of benzene rings is 2. The Labute approximate surface area is 147 Å². The van der Waals surface area contributed by atoms with Crippen LogP contribution in [0.15, 0.2) is 54.6 Å². The van der Waals surface area contributed by atoms with Gasteiger partial charge in [0.2, 0.25) is 0 Å². The van der Waals surface area contributed by atoms with Gasteiger partial charge in [0.05, 0.1) is 12.7 Å². The fraction of sp³-hybridized carbons (Fsp3) is 0.316. The summed E-state index contributed by atoms with van der Waals surface area (Å²) < 4.78 is 5.86. The molecule has 24 heavy (non-hydrogen) atoms. The second-order valence-electron chi connectivity index (χ2n) is 5.83. The Balaban J connectivity index is 1.46. The van der Waals surface area contributed by atoms with Crippen molar-refractivity contribution in [3.63, 3.8) is 0 Å². The highest BCUT2D eigenvalue weighted by Gasteiger charge is 2.21. The molecule has 1 saturated heterocycles. The van der Waals surface area contributed by atoms with E-state index in [0.717, 1.165) is 19.6 Å². The van der Waals surface area contributed by atoms with Gasteiger partial charge in [0.1, 0.15) is 0 Å². The number of halogens is 1. The van der Waals surface area contributed by atoms with Gasteiger partial charge in [-0.05, 0) is 29.8 Å². The summed E-state index contributed by atoms with van der Waals surface area (Å²) in [5, 5.41) is 3.59. The van der Waals surface area contributed by atoms with Gasteiger partial charge in [0.15, 0.2) is 0 Å². The summed E-state index contributed by atoms with van der Waals surface area (Å²) in [4.78, 5) is 14.4. The highest BCUT2D eigenvalue weighted by molar-refractivity contribution is 6.30. The van der Waals surface area contributed by atoms with Crippen LogP contribution in [0.3, 0.4) is 0 Å². The lowest BCUT2D eigenvalue weighted by atomic mass is 10.1. The van der Waals surface area contributed by atoms with Crippen LogP contribution in [0.2, 0.25) is 5.02 Å². The van der Waals surface area contributed by atoms with Gasteiger partial charge in [-0.15, -0.1) is 0 Å². The SMILES string of the molecule is O=C(NCCN1CCO[C@H](c2ccccc2)C1)c1ccc(Cl)cc1. The largest absolute Gasteiger partial charge is 0.371 e. The Morgan fingerprint density at radius 1 is 1.17 bits per heavy atom. The van der Waals surface area contributed by atoms with Gasteiger partial charge in [-0.3, -0.25) is 9.69 Å². The number of carbonyl (C=O) groups excluding carboxylic acids is 1. The molecule has 0 unspecified atom stereocenters. The molecule has 0 saturated carbocycles. The number of nitrogens with one attached hydrogen (secondary N) is 1. The maximum absolute atomic E-state index is 12.1. The normalized spacial score (nSPS) is 18.3. The molecule has 3 rings (SSSR count). The van der Waals surface area contributed by atoms with Gasteiger partial charge in [0.25, 0.3) is 5.91 Å². The molecule has 2 aromatic rings. The molecule has 126 valence electrons. The van der Waals surface area contributed by atoms with Crippen molar-refractivity contribution in [1.82, 2.24) is 10.2 Å². The average molecular weight is 345 g/mol. The minimum Gasteiger partial charge on any atom is -0.371 e. The van der Waals surface area contributed by atoms with E-state index in [2.05, 4.69) is 22.3 Å². The van der Waals surface area contributed by atoms with Crippen LogP contribution in [0.1, 0.15) is 22.0 Å². The molecular formula is C19H21ClN2O2. The quantitative estimate of drug-likeness (QED) is 0.906. The Morgan fingerprint density at radius 2 is 1.92 bits per heavy atom. The van der Waals surface area contributed by atoms with Crippen LogP contribution < -0.4 is 5.32 Å². The zero-order valence-electron chi connectivity index (χ0n) is 13.5. The summed E-state index contributed by atoms with van der Waals surface area (Å²) in [7, 11) is 0. The first-order chi connectivity index (χ1) is 11.7. The van der Waals surface area contributed by atoms with E-state index in [1.165, 1.54) is 5.56 Å². The van der Waals surface area contributed by atoms with E-state index < -0.39 is 0 Å². The first kappa shape index (κ1) is 17.0. The summed E-state index contributed by atoms with van der Waals surface area (Å²) in [5.74, 6) is -0.0699. The summed E-state index contributed by atoms with van der Waals surface area (Å²) in [6, 6.07) is 17.2. The molecule has 1 aliphatic rings. The predicted octanol–water partition coefficient (Wildman–Crippen LogP) is 3.14. The standard InChI is InChI=1S/C19H21ClN2O2/c20-17-8-6-16(7-9-17)19(23)21-10-11-22-12-13-24-18(14-22)15-4-2-1-3-5-15/h1-9,18H,10-14H2,(H,21,23)/t18-/m0/s1. The number of carbonyl (C=O) groups is 1. The molecule has 1 fully saturated rings. The van der Waals surface area contributed by atoms with Crippen LogP contribution in [0.25, 0.3) is 0 Å². The Morgan fingerprint density at radius 3 is 2.67 bits per heavy atom. The number of morpholine rings is 1. The molecule has 0 radical (unpaired) electrons. The molecule has 0 aromatic heterocycles. The molecule has 0 aliphatic carbocycles. The maximum Gasteiger partial charge on any atom is 0.251 e. The van der Waals surface area contributed by atoms with Gasteiger partial charge < -0.3 is 10.1 Å². The summed E-state index contributed by atoms with van der Waals surface area (Å²) >= 11 is 5.84. The van der Waals surface area contributed by atoms with Crippen molar-refractivity contribution < 1.29 is 9.53 Å². The van der Waals surface area contributed by atoms with Crippen molar-refractivity contribution in [3.8, 4) is 0 Å². The Bertz CT molecular complexity index is 661. The lowest BCUT2D eigenvalue weighted by Crippen LogP contribution is -2.42. The molecule has 0 bridgehead atoms. The van der Waals surface area contributed by atoms with E-state index in [-0.39, 0.29) is 12.0 Å². The molecule has 1 aliphatic heterocycles. The van der Waals surface area contributed by atoms with Gasteiger partial charge >= 0.3 is 0 Å². The third kappa shape index (κ3) is 4.57. The van der Waals surface area contributed by atoms with E-state index in [9.17, 15) is 4.79 Å². The molecule has 2 aromatic carbocycles. The number of hydrogen-bond donors (Lipinski definition) is 1. The maximum atomic E-state index is 12.1. The van der Waals surface area contributed by atoms with E-state index in [1.54, 1.807) is 24.3 Å². The minimum atomic E-state index is -0.0699. The van der Waals surface area contributed by atoms with Gasteiger partial charge in [-0.1, -0.05) is 41.9 Å². The van der Waals surface area contributed by atoms with Crippen molar-refractivity contribution >= 4 is 17.5 Å². The van der Waals surface area contributed by atoms with Crippen LogP contribution in [0, 0.1) is 0 Å². The predicted molar refractivity (Wildman–Crippen MR) is 95.4 cm³/mol. The highest BCUT2D eigenvalue weighted by Crippen LogP contribution is 2.21. The first-order valence-electron chi connectivity index (χ1n) is 8.15. The van der Waals surface area contributed by atoms with Crippen LogP contribution in [0.4, 0.5) is 0 Å². The number of ether oxygens (including phenoxy) is 1. The Hall–Kier alpha value is -1.88. The second-order valence-corrected chi connectivity index (χ2v) is 6.27. The molecule has 1 atom stereocenters. The zero-order valence-corrected chi connectivity index (χ0v) is 14.2. The number of rotatable bonds is 5. The van der Waals surface area contributed by atoms with E-state index in [0.29, 0.717) is 23.7 Å². The topological polar surface area (TPSA) is 41.6 Å². The number of nitrogens with zero attached hydrogens (tertiary/aromatic N) is 1. The van der Waals surface area contributed by atoms with E-state index in [4.69, 9.17) is 16.3 Å². The van der Waals surface area contributed by atoms with Crippen molar-refractivity contribution in [2.24, 2.45) is 0 Å². The van der Waals surface area contributed by atoms with Crippen molar-refractivity contribution in [1.29, 1.82) is 0 Å². The smallest absolute Gasteiger partial charge is 0.251 e. The molecule has 5 heteroatoms. The van der Waals surface area contributed by atoms with Gasteiger partial charge in [-0.2, -0.15) is 0 Å². The van der Waals surface area contributed by atoms with Crippen LogP contribution in [0.5, 0.6) is 0 Å². The highest BCUT2D eigenvalue weighted by atomic mass is 35.5. The lowest BCUT2D eigenvalue weighted by molar-refractivity contribution is -0.0293. The number of hydrogen-bond acceptors (Lipinski definition) is 3. The molecule has 1 amide bonds. The van der Waals surface area contributed by atoms with Crippen molar-refractivity contribution in [3.05, 3.63) is 70.7 Å². The second kappa shape index (κ2) is 8.29. The Kier molecular flexibility index (Phi) is 5.86. The lowest BCUT2D eigenvalue weighted by Gasteiger charge is -2.33. The minimum absolute atomic E-state index is 0.0699. The third-order valence-electron chi connectivity index (χ3n) is 4.14. The zero-order chi connectivity index (χ0) is 16.8. The molecule has 4 nitrogen and oxygen atoms in total. The van der Waals surface area contributed by atoms with E-state index >= 15 is 0 Å². The fourth-order valence-electron chi connectivity index (χ4n) is 2.81. The summed E-state index contributed by atoms with van der Waals surface area (Å²) in [6.07, 6.45) is 0.104. The summed E-state index contributed by atoms with van der Waals surface area (Å²) in [6.45, 7) is 3.88. The van der Waals surface area contributed by atoms with Crippen LogP contribution in [-0.4, -0.2) is 43.6 Å². The monoisotopic (exact) mass is 344 g/mol. The summed E-state index contributed by atoms with van der Waals surface area (Å²) in [5.41, 5.74) is 1.83. The number of amides is 1. The van der Waals surface area contributed by atoms with Crippen molar-refractivity contribution in [2.75, 3.05) is 32.8 Å². The van der Waals surface area contributed by atoms with Crippen LogP contribution >= 0.6 is 11.6 Å². The van der Waals surface area contributed by atoms with Crippen molar-refractivity contribution in [2.45, 2.75) is 6.10 Å². The average Bonchev–Trinajstić information content (AvgIpc) is 2.63.